The molecule has 0 aromatic rings. The smallest absolute Gasteiger partial charge is 0.0326 e. The van der Waals surface area contributed by atoms with Crippen LogP contribution >= 0.6 is 0 Å². The minimum atomic E-state index is 0.626. The highest BCUT2D eigenvalue weighted by Gasteiger charge is 2.44. The molecule has 0 heterocycles. The van der Waals surface area contributed by atoms with E-state index in [0.717, 1.165) is 11.8 Å². The van der Waals surface area contributed by atoms with Gasteiger partial charge in [-0.05, 0) is 23.7 Å². The predicted molar refractivity (Wildman–Crippen MR) is 46.0 cm³/mol. The van der Waals surface area contributed by atoms with E-state index in [9.17, 15) is 0 Å². The SMILES string of the molecule is CCC1CC1C(C)(C)CC. The molecule has 1 fully saturated rings. The standard InChI is InChI=1S/C10H20/c1-5-8-7-9(8)10(3,4)6-2/h8-9H,5-7H2,1-4H3. The molecule has 0 aliphatic heterocycles. The maximum absolute atomic E-state index is 2.41. The molecule has 2 atom stereocenters. The summed E-state index contributed by atoms with van der Waals surface area (Å²) in [6.45, 7) is 9.45. The van der Waals surface area contributed by atoms with Gasteiger partial charge in [0.05, 0.1) is 0 Å². The van der Waals surface area contributed by atoms with Crippen LogP contribution in [-0.4, -0.2) is 0 Å². The van der Waals surface area contributed by atoms with Crippen molar-refractivity contribution >= 4 is 0 Å². The molecule has 0 bridgehead atoms. The predicted octanol–water partition coefficient (Wildman–Crippen LogP) is 3.47. The first-order valence-electron chi connectivity index (χ1n) is 4.61. The highest BCUT2D eigenvalue weighted by molar-refractivity contribution is 4.94. The normalized spacial score (nSPS) is 32.4. The second kappa shape index (κ2) is 2.56. The zero-order chi connectivity index (χ0) is 7.78. The minimum absolute atomic E-state index is 0.626. The molecule has 0 spiro atoms. The fourth-order valence-corrected chi connectivity index (χ4v) is 1.92. The summed E-state index contributed by atoms with van der Waals surface area (Å²) in [5.74, 6) is 2.11. The molecule has 1 rings (SSSR count). The molecule has 0 amide bonds. The monoisotopic (exact) mass is 140 g/mol. The summed E-state index contributed by atoms with van der Waals surface area (Å²) in [5.41, 5.74) is 0.626. The Hall–Kier alpha value is 0. The Morgan fingerprint density at radius 3 is 2.20 bits per heavy atom. The average molecular weight is 140 g/mol. The quantitative estimate of drug-likeness (QED) is 0.563. The van der Waals surface area contributed by atoms with E-state index in [2.05, 4.69) is 27.7 Å². The van der Waals surface area contributed by atoms with Gasteiger partial charge < -0.3 is 0 Å². The van der Waals surface area contributed by atoms with Gasteiger partial charge in [-0.25, -0.2) is 0 Å². The molecule has 2 unspecified atom stereocenters. The van der Waals surface area contributed by atoms with Gasteiger partial charge in [0.25, 0.3) is 0 Å². The van der Waals surface area contributed by atoms with Crippen molar-refractivity contribution in [2.75, 3.05) is 0 Å². The third kappa shape index (κ3) is 1.36. The Bertz CT molecular complexity index is 113. The highest BCUT2D eigenvalue weighted by atomic mass is 14.5. The van der Waals surface area contributed by atoms with Crippen LogP contribution in [0.25, 0.3) is 0 Å². The van der Waals surface area contributed by atoms with E-state index < -0.39 is 0 Å². The van der Waals surface area contributed by atoms with Gasteiger partial charge in [-0.1, -0.05) is 40.5 Å². The van der Waals surface area contributed by atoms with Crippen LogP contribution in [0.1, 0.15) is 47.0 Å². The Morgan fingerprint density at radius 1 is 1.30 bits per heavy atom. The van der Waals surface area contributed by atoms with Crippen LogP contribution in [0.15, 0.2) is 0 Å². The van der Waals surface area contributed by atoms with Crippen LogP contribution in [-0.2, 0) is 0 Å². The van der Waals surface area contributed by atoms with Crippen LogP contribution < -0.4 is 0 Å². The minimum Gasteiger partial charge on any atom is -0.0651 e. The average Bonchev–Trinajstić information content (AvgIpc) is 2.66. The first kappa shape index (κ1) is 8.10. The van der Waals surface area contributed by atoms with Gasteiger partial charge in [0, 0.05) is 0 Å². The summed E-state index contributed by atoms with van der Waals surface area (Å²) >= 11 is 0. The molecule has 0 N–H and O–H groups in total. The van der Waals surface area contributed by atoms with E-state index in [4.69, 9.17) is 0 Å². The Labute approximate surface area is 65.0 Å². The van der Waals surface area contributed by atoms with Crippen molar-refractivity contribution in [3.05, 3.63) is 0 Å². The van der Waals surface area contributed by atoms with Crippen molar-refractivity contribution in [2.45, 2.75) is 47.0 Å². The summed E-state index contributed by atoms with van der Waals surface area (Å²) in [5, 5.41) is 0. The largest absolute Gasteiger partial charge is 0.0651 e. The van der Waals surface area contributed by atoms with Crippen LogP contribution in [0.4, 0.5) is 0 Å². The van der Waals surface area contributed by atoms with Crippen molar-refractivity contribution in [2.24, 2.45) is 17.3 Å². The molecule has 1 saturated carbocycles. The molecule has 0 nitrogen and oxygen atoms in total. The lowest BCUT2D eigenvalue weighted by atomic mass is 9.83. The topological polar surface area (TPSA) is 0 Å². The van der Waals surface area contributed by atoms with Crippen molar-refractivity contribution in [1.82, 2.24) is 0 Å². The second-order valence-electron chi connectivity index (χ2n) is 4.35. The lowest BCUT2D eigenvalue weighted by molar-refractivity contribution is 0.279. The maximum Gasteiger partial charge on any atom is -0.0326 e. The Kier molecular flexibility index (Phi) is 2.07. The van der Waals surface area contributed by atoms with Crippen LogP contribution in [0.3, 0.4) is 0 Å². The van der Waals surface area contributed by atoms with Crippen molar-refractivity contribution < 1.29 is 0 Å². The van der Waals surface area contributed by atoms with Gasteiger partial charge in [-0.15, -0.1) is 0 Å². The fraction of sp³-hybridized carbons (Fsp3) is 1.00. The van der Waals surface area contributed by atoms with Crippen molar-refractivity contribution in [3.63, 3.8) is 0 Å². The van der Waals surface area contributed by atoms with Gasteiger partial charge in [-0.3, -0.25) is 0 Å². The number of rotatable bonds is 3. The molecule has 0 radical (unpaired) electrons. The molecule has 1 aliphatic carbocycles. The summed E-state index contributed by atoms with van der Waals surface area (Å²) in [4.78, 5) is 0. The first-order valence-corrected chi connectivity index (χ1v) is 4.61. The van der Waals surface area contributed by atoms with Gasteiger partial charge in [0.15, 0.2) is 0 Å². The van der Waals surface area contributed by atoms with E-state index >= 15 is 0 Å². The molecule has 60 valence electrons. The van der Waals surface area contributed by atoms with E-state index in [0.29, 0.717) is 5.41 Å². The summed E-state index contributed by atoms with van der Waals surface area (Å²) in [6.07, 6.45) is 4.24. The Morgan fingerprint density at radius 2 is 1.90 bits per heavy atom. The highest BCUT2D eigenvalue weighted by Crippen LogP contribution is 2.53. The van der Waals surface area contributed by atoms with Crippen LogP contribution in [0.2, 0.25) is 0 Å². The molecular weight excluding hydrogens is 120 g/mol. The van der Waals surface area contributed by atoms with Crippen molar-refractivity contribution in [1.29, 1.82) is 0 Å². The van der Waals surface area contributed by atoms with E-state index in [1.807, 2.05) is 0 Å². The van der Waals surface area contributed by atoms with Gasteiger partial charge in [0.2, 0.25) is 0 Å². The van der Waals surface area contributed by atoms with Gasteiger partial charge >= 0.3 is 0 Å². The van der Waals surface area contributed by atoms with Gasteiger partial charge in [0.1, 0.15) is 0 Å². The van der Waals surface area contributed by atoms with E-state index in [1.54, 1.807) is 0 Å². The summed E-state index contributed by atoms with van der Waals surface area (Å²) in [7, 11) is 0. The lowest BCUT2D eigenvalue weighted by Crippen LogP contribution is -2.13. The third-order valence-corrected chi connectivity index (χ3v) is 3.36. The maximum atomic E-state index is 2.41. The molecule has 1 aliphatic rings. The molecule has 0 aromatic heterocycles. The molecular formula is C10H20. The third-order valence-electron chi connectivity index (χ3n) is 3.36. The zero-order valence-electron chi connectivity index (χ0n) is 7.78. The van der Waals surface area contributed by atoms with Crippen LogP contribution in [0, 0.1) is 17.3 Å². The fourth-order valence-electron chi connectivity index (χ4n) is 1.92. The Balaban J connectivity index is 2.37. The number of hydrogen-bond acceptors (Lipinski definition) is 0. The van der Waals surface area contributed by atoms with E-state index in [1.165, 1.54) is 19.3 Å². The number of hydrogen-bond donors (Lipinski definition) is 0. The van der Waals surface area contributed by atoms with Crippen LogP contribution in [0.5, 0.6) is 0 Å². The molecule has 0 heteroatoms. The van der Waals surface area contributed by atoms with Crippen molar-refractivity contribution in [3.8, 4) is 0 Å². The van der Waals surface area contributed by atoms with E-state index in [-0.39, 0.29) is 0 Å². The molecule has 10 heavy (non-hydrogen) atoms. The summed E-state index contributed by atoms with van der Waals surface area (Å²) in [6, 6.07) is 0. The first-order chi connectivity index (χ1) is 4.61. The summed E-state index contributed by atoms with van der Waals surface area (Å²) < 4.78 is 0. The zero-order valence-corrected chi connectivity index (χ0v) is 7.78. The van der Waals surface area contributed by atoms with Gasteiger partial charge in [-0.2, -0.15) is 0 Å². The molecule has 0 aromatic carbocycles. The lowest BCUT2D eigenvalue weighted by Gasteiger charge is -2.22. The second-order valence-corrected chi connectivity index (χ2v) is 4.35. The molecule has 0 saturated heterocycles.